The number of piperidine rings is 2. The molecule has 1 aromatic rings. The van der Waals surface area contributed by atoms with E-state index in [1.165, 1.54) is 0 Å². The van der Waals surface area contributed by atoms with E-state index in [4.69, 9.17) is 0 Å². The summed E-state index contributed by atoms with van der Waals surface area (Å²) < 4.78 is 0. The highest BCUT2D eigenvalue weighted by Crippen LogP contribution is 2.23. The Labute approximate surface area is 159 Å². The standard InChI is InChI=1S/C20H27N3O4/c1-14-9-16(19(25)26)13-23(11-14)20(27)21-17-6-4-5-15(10-17)12-22-8-3-2-7-18(22)24/h4-6,10,14,16H,2-3,7-9,11-13H2,1H3,(H,21,27)(H,25,26). The van der Waals surface area contributed by atoms with E-state index in [0.717, 1.165) is 24.9 Å². The number of rotatable bonds is 4. The summed E-state index contributed by atoms with van der Waals surface area (Å²) in [7, 11) is 0. The van der Waals surface area contributed by atoms with Gasteiger partial charge in [0.25, 0.3) is 0 Å². The molecule has 3 amide bonds. The number of nitrogens with one attached hydrogen (secondary N) is 1. The zero-order valence-electron chi connectivity index (χ0n) is 15.7. The molecule has 0 aliphatic carbocycles. The molecule has 146 valence electrons. The van der Waals surface area contributed by atoms with Crippen molar-refractivity contribution in [2.75, 3.05) is 25.0 Å². The molecular weight excluding hydrogens is 346 g/mol. The summed E-state index contributed by atoms with van der Waals surface area (Å²) in [6, 6.07) is 7.21. The maximum Gasteiger partial charge on any atom is 0.321 e. The van der Waals surface area contributed by atoms with Gasteiger partial charge in [-0.3, -0.25) is 9.59 Å². The third-order valence-electron chi connectivity index (χ3n) is 5.27. The normalized spacial score (nSPS) is 23.2. The Morgan fingerprint density at radius 3 is 2.81 bits per heavy atom. The molecule has 2 heterocycles. The molecule has 0 spiro atoms. The Morgan fingerprint density at radius 2 is 2.07 bits per heavy atom. The topological polar surface area (TPSA) is 89.9 Å². The SMILES string of the molecule is CC1CC(C(=O)O)CN(C(=O)Nc2cccc(CN3CCCCC3=O)c2)C1. The van der Waals surface area contributed by atoms with Gasteiger partial charge in [0.15, 0.2) is 0 Å². The molecular formula is C20H27N3O4. The lowest BCUT2D eigenvalue weighted by molar-refractivity contribution is -0.143. The van der Waals surface area contributed by atoms with E-state index >= 15 is 0 Å². The molecule has 0 aromatic heterocycles. The third kappa shape index (κ3) is 4.99. The van der Waals surface area contributed by atoms with Crippen molar-refractivity contribution in [2.24, 2.45) is 11.8 Å². The van der Waals surface area contributed by atoms with E-state index in [1.54, 1.807) is 4.90 Å². The van der Waals surface area contributed by atoms with Crippen molar-refractivity contribution in [1.29, 1.82) is 0 Å². The third-order valence-corrected chi connectivity index (χ3v) is 5.27. The average Bonchev–Trinajstić information content (AvgIpc) is 2.63. The Bertz CT molecular complexity index is 721. The number of hydrogen-bond donors (Lipinski definition) is 2. The van der Waals surface area contributed by atoms with Crippen molar-refractivity contribution in [3.8, 4) is 0 Å². The highest BCUT2D eigenvalue weighted by molar-refractivity contribution is 5.90. The number of hydrogen-bond acceptors (Lipinski definition) is 3. The number of amides is 3. The van der Waals surface area contributed by atoms with Gasteiger partial charge in [0.1, 0.15) is 0 Å². The molecule has 2 aliphatic heterocycles. The number of benzene rings is 1. The van der Waals surface area contributed by atoms with E-state index in [-0.39, 0.29) is 24.4 Å². The van der Waals surface area contributed by atoms with Crippen LogP contribution >= 0.6 is 0 Å². The van der Waals surface area contributed by atoms with E-state index in [0.29, 0.717) is 31.6 Å². The minimum atomic E-state index is -0.854. The summed E-state index contributed by atoms with van der Waals surface area (Å²) in [6.45, 7) is 4.07. The van der Waals surface area contributed by atoms with Crippen LogP contribution < -0.4 is 5.32 Å². The molecule has 0 bridgehead atoms. The smallest absolute Gasteiger partial charge is 0.321 e. The lowest BCUT2D eigenvalue weighted by Gasteiger charge is -2.34. The highest BCUT2D eigenvalue weighted by atomic mass is 16.4. The van der Waals surface area contributed by atoms with Crippen LogP contribution in [0, 0.1) is 11.8 Å². The lowest BCUT2D eigenvalue weighted by atomic mass is 9.91. The Balaban J connectivity index is 1.62. The number of nitrogens with zero attached hydrogens (tertiary/aromatic N) is 2. The van der Waals surface area contributed by atoms with Crippen LogP contribution in [0.1, 0.15) is 38.2 Å². The molecule has 2 N–H and O–H groups in total. The number of carboxylic acids is 1. The van der Waals surface area contributed by atoms with Crippen molar-refractivity contribution >= 4 is 23.6 Å². The number of anilines is 1. The van der Waals surface area contributed by atoms with Gasteiger partial charge in [0, 0.05) is 38.3 Å². The van der Waals surface area contributed by atoms with Crippen molar-refractivity contribution in [2.45, 2.75) is 39.2 Å². The van der Waals surface area contributed by atoms with Gasteiger partial charge in [-0.25, -0.2) is 4.79 Å². The quantitative estimate of drug-likeness (QED) is 0.849. The van der Waals surface area contributed by atoms with E-state index < -0.39 is 11.9 Å². The maximum absolute atomic E-state index is 12.6. The minimum absolute atomic E-state index is 0.155. The molecule has 0 saturated carbocycles. The predicted molar refractivity (Wildman–Crippen MR) is 101 cm³/mol. The molecule has 3 rings (SSSR count). The van der Waals surface area contributed by atoms with Crippen molar-refractivity contribution < 1.29 is 19.5 Å². The fourth-order valence-electron chi connectivity index (χ4n) is 3.90. The second-order valence-electron chi connectivity index (χ2n) is 7.68. The monoisotopic (exact) mass is 373 g/mol. The first-order chi connectivity index (χ1) is 12.9. The molecule has 1 aromatic carbocycles. The molecule has 2 saturated heterocycles. The van der Waals surface area contributed by atoms with Crippen LogP contribution in [0.2, 0.25) is 0 Å². The molecule has 2 unspecified atom stereocenters. The maximum atomic E-state index is 12.6. The molecule has 2 fully saturated rings. The minimum Gasteiger partial charge on any atom is -0.481 e. The van der Waals surface area contributed by atoms with Crippen LogP contribution in [0.15, 0.2) is 24.3 Å². The predicted octanol–water partition coefficient (Wildman–Crippen LogP) is 2.77. The van der Waals surface area contributed by atoms with Gasteiger partial charge < -0.3 is 20.2 Å². The number of urea groups is 1. The van der Waals surface area contributed by atoms with Gasteiger partial charge >= 0.3 is 12.0 Å². The summed E-state index contributed by atoms with van der Waals surface area (Å²) in [6.07, 6.45) is 3.18. The van der Waals surface area contributed by atoms with Crippen LogP contribution in [0.5, 0.6) is 0 Å². The molecule has 2 atom stereocenters. The molecule has 7 nitrogen and oxygen atoms in total. The second kappa shape index (κ2) is 8.41. The van der Waals surface area contributed by atoms with Crippen LogP contribution in [-0.4, -0.2) is 52.4 Å². The molecule has 27 heavy (non-hydrogen) atoms. The average molecular weight is 373 g/mol. The highest BCUT2D eigenvalue weighted by Gasteiger charge is 2.32. The van der Waals surface area contributed by atoms with Crippen molar-refractivity contribution in [3.63, 3.8) is 0 Å². The molecule has 7 heteroatoms. The number of carbonyl (C=O) groups is 3. The van der Waals surface area contributed by atoms with Gasteiger partial charge in [-0.05, 0) is 42.9 Å². The lowest BCUT2D eigenvalue weighted by Crippen LogP contribution is -2.47. The van der Waals surface area contributed by atoms with Crippen molar-refractivity contribution in [1.82, 2.24) is 9.80 Å². The van der Waals surface area contributed by atoms with Crippen molar-refractivity contribution in [3.05, 3.63) is 29.8 Å². The summed E-state index contributed by atoms with van der Waals surface area (Å²) >= 11 is 0. The van der Waals surface area contributed by atoms with Crippen LogP contribution in [0.4, 0.5) is 10.5 Å². The Morgan fingerprint density at radius 1 is 1.26 bits per heavy atom. The molecule has 2 aliphatic rings. The van der Waals surface area contributed by atoms with Crippen LogP contribution in [0.25, 0.3) is 0 Å². The zero-order valence-corrected chi connectivity index (χ0v) is 15.7. The van der Waals surface area contributed by atoms with Gasteiger partial charge in [-0.1, -0.05) is 19.1 Å². The summed E-state index contributed by atoms with van der Waals surface area (Å²) in [5.74, 6) is -1.04. The molecule has 0 radical (unpaired) electrons. The number of aliphatic carboxylic acids is 1. The Kier molecular flexibility index (Phi) is 5.98. The zero-order chi connectivity index (χ0) is 19.4. The largest absolute Gasteiger partial charge is 0.481 e. The fraction of sp³-hybridized carbons (Fsp3) is 0.550. The summed E-state index contributed by atoms with van der Waals surface area (Å²) in [5.41, 5.74) is 1.63. The number of likely N-dealkylation sites (tertiary alicyclic amines) is 2. The first-order valence-corrected chi connectivity index (χ1v) is 9.58. The first-order valence-electron chi connectivity index (χ1n) is 9.58. The van der Waals surface area contributed by atoms with Gasteiger partial charge in [0.05, 0.1) is 5.92 Å². The first kappa shape index (κ1) is 19.2. The second-order valence-corrected chi connectivity index (χ2v) is 7.68. The number of carbonyl (C=O) groups excluding carboxylic acids is 2. The van der Waals surface area contributed by atoms with Crippen LogP contribution in [0.3, 0.4) is 0 Å². The summed E-state index contributed by atoms with van der Waals surface area (Å²) in [4.78, 5) is 39.3. The Hall–Kier alpha value is -2.57. The number of carboxylic acid groups (broad SMARTS) is 1. The summed E-state index contributed by atoms with van der Waals surface area (Å²) in [5, 5.41) is 12.1. The van der Waals surface area contributed by atoms with Gasteiger partial charge in [0.2, 0.25) is 5.91 Å². The van der Waals surface area contributed by atoms with Gasteiger partial charge in [-0.2, -0.15) is 0 Å². The van der Waals surface area contributed by atoms with E-state index in [2.05, 4.69) is 5.32 Å². The van der Waals surface area contributed by atoms with Crippen LogP contribution in [-0.2, 0) is 16.1 Å². The fourth-order valence-corrected chi connectivity index (χ4v) is 3.90. The van der Waals surface area contributed by atoms with E-state index in [1.807, 2.05) is 36.1 Å². The van der Waals surface area contributed by atoms with E-state index in [9.17, 15) is 19.5 Å². The van der Waals surface area contributed by atoms with Gasteiger partial charge in [-0.15, -0.1) is 0 Å².